The number of rotatable bonds is 15. The predicted molar refractivity (Wildman–Crippen MR) is 171 cm³/mol. The Bertz CT molecular complexity index is 1200. The summed E-state index contributed by atoms with van der Waals surface area (Å²) in [5.74, 6) is 0.662. The number of halogens is 1. The van der Waals surface area contributed by atoms with Crippen LogP contribution in [0.25, 0.3) is 5.65 Å². The highest BCUT2D eigenvalue weighted by Gasteiger charge is 2.19. The van der Waals surface area contributed by atoms with Gasteiger partial charge in [-0.05, 0) is 45.8 Å². The van der Waals surface area contributed by atoms with Crippen LogP contribution in [-0.4, -0.2) is 70.5 Å². The number of methoxy groups -OCH3 is 1. The van der Waals surface area contributed by atoms with Gasteiger partial charge in [-0.25, -0.2) is 4.98 Å². The zero-order valence-corrected chi connectivity index (χ0v) is 28.6. The molecule has 3 aromatic rings. The lowest BCUT2D eigenvalue weighted by atomic mass is 10.1. The van der Waals surface area contributed by atoms with E-state index in [0.29, 0.717) is 19.9 Å². The zero-order chi connectivity index (χ0) is 28.6. The number of carbonyl (C=O) groups excluding carboxylic acids is 1. The smallest absolute Gasteiger partial charge is 0.309 e. The summed E-state index contributed by atoms with van der Waals surface area (Å²) in [4.78, 5) is 18.7. The second-order valence-corrected chi connectivity index (χ2v) is 24.7. The van der Waals surface area contributed by atoms with E-state index in [9.17, 15) is 4.79 Å². The summed E-state index contributed by atoms with van der Waals surface area (Å²) in [5.41, 5.74) is 3.80. The summed E-state index contributed by atoms with van der Waals surface area (Å²) in [7, 11) is -0.978. The first-order chi connectivity index (χ1) is 18.3. The van der Waals surface area contributed by atoms with E-state index in [4.69, 9.17) is 19.2 Å². The van der Waals surface area contributed by atoms with Gasteiger partial charge in [0.05, 0.1) is 29.0 Å². The van der Waals surface area contributed by atoms with Gasteiger partial charge in [-0.3, -0.25) is 4.79 Å². The molecule has 0 aliphatic rings. The number of carbonyl (C=O) groups is 1. The Kier molecular flexibility index (Phi) is 11.5. The van der Waals surface area contributed by atoms with Crippen molar-refractivity contribution < 1.29 is 19.0 Å². The number of hydrogen-bond donors (Lipinski definition) is 0. The van der Waals surface area contributed by atoms with Crippen LogP contribution in [0.4, 0.5) is 5.82 Å². The number of fused-ring (bicyclic) bond motifs is 1. The molecule has 8 nitrogen and oxygen atoms in total. The number of benzene rings is 1. The fourth-order valence-electron chi connectivity index (χ4n) is 3.78. The normalized spacial score (nSPS) is 12.2. The number of aromatic nitrogens is 3. The Morgan fingerprint density at radius 1 is 0.949 bits per heavy atom. The van der Waals surface area contributed by atoms with Crippen LogP contribution < -0.4 is 4.90 Å². The fraction of sp³-hybridized carbons (Fsp3) is 0.536. The molecule has 0 saturated carbocycles. The third kappa shape index (κ3) is 10.6. The largest absolute Gasteiger partial charge is 0.469 e. The number of esters is 1. The molecule has 0 fully saturated rings. The van der Waals surface area contributed by atoms with E-state index >= 15 is 0 Å². The SMILES string of the molecule is COC(=O)Cc1ccc(Cc2cc(N(COCC[Si](C)(C)C)COCC[Si](C)(C)C)n3ncc(I)c3n2)cc1. The van der Waals surface area contributed by atoms with Gasteiger partial charge in [-0.15, -0.1) is 0 Å². The van der Waals surface area contributed by atoms with Crippen molar-refractivity contribution in [3.8, 4) is 0 Å². The van der Waals surface area contributed by atoms with E-state index in [1.54, 1.807) is 0 Å². The van der Waals surface area contributed by atoms with Gasteiger partial charge in [0.1, 0.15) is 19.3 Å². The molecule has 2 aromatic heterocycles. The lowest BCUT2D eigenvalue weighted by molar-refractivity contribution is -0.139. The van der Waals surface area contributed by atoms with Crippen LogP contribution in [0.5, 0.6) is 0 Å². The number of ether oxygens (including phenoxy) is 3. The molecule has 0 bridgehead atoms. The van der Waals surface area contributed by atoms with Crippen molar-refractivity contribution in [1.29, 1.82) is 0 Å². The third-order valence-electron chi connectivity index (χ3n) is 6.26. The lowest BCUT2D eigenvalue weighted by Gasteiger charge is -2.26. The van der Waals surface area contributed by atoms with Gasteiger partial charge in [0.2, 0.25) is 0 Å². The second kappa shape index (κ2) is 14.2. The molecule has 214 valence electrons. The van der Waals surface area contributed by atoms with Crippen molar-refractivity contribution >= 4 is 56.2 Å². The highest BCUT2D eigenvalue weighted by Crippen LogP contribution is 2.23. The molecule has 0 amide bonds. The average molecular weight is 683 g/mol. The summed E-state index contributed by atoms with van der Waals surface area (Å²) in [6.45, 7) is 16.5. The van der Waals surface area contributed by atoms with Crippen LogP contribution in [0.3, 0.4) is 0 Å². The first-order valence-electron chi connectivity index (χ1n) is 13.4. The summed E-state index contributed by atoms with van der Waals surface area (Å²) >= 11 is 2.29. The summed E-state index contributed by atoms with van der Waals surface area (Å²) in [5, 5.41) is 4.63. The maximum absolute atomic E-state index is 11.6. The molecule has 0 unspecified atom stereocenters. The first-order valence-corrected chi connectivity index (χ1v) is 21.9. The highest BCUT2D eigenvalue weighted by molar-refractivity contribution is 14.1. The van der Waals surface area contributed by atoms with Gasteiger partial charge in [0.25, 0.3) is 0 Å². The van der Waals surface area contributed by atoms with E-state index < -0.39 is 16.1 Å². The predicted octanol–water partition coefficient (Wildman–Crippen LogP) is 6.07. The van der Waals surface area contributed by atoms with Crippen LogP contribution >= 0.6 is 22.6 Å². The topological polar surface area (TPSA) is 78.2 Å². The number of hydrogen-bond acceptors (Lipinski definition) is 7. The van der Waals surface area contributed by atoms with E-state index in [1.165, 1.54) is 7.11 Å². The maximum Gasteiger partial charge on any atom is 0.309 e. The molecule has 11 heteroatoms. The standard InChI is InChI=1S/C28H43IN4O4Si2/c1-35-27(34)17-23-10-8-22(9-11-23)16-24-18-26(33-28(31-24)25(29)19-30-33)32(20-36-12-14-38(2,3)4)21-37-13-15-39(5,6)7/h8-11,18-19H,12-17,20-21H2,1-7H3. The maximum atomic E-state index is 11.6. The van der Waals surface area contributed by atoms with Gasteiger partial charge < -0.3 is 19.1 Å². The van der Waals surface area contributed by atoms with Crippen molar-refractivity contribution in [3.63, 3.8) is 0 Å². The van der Waals surface area contributed by atoms with Gasteiger partial charge in [0.15, 0.2) is 5.65 Å². The molecule has 0 radical (unpaired) electrons. The van der Waals surface area contributed by atoms with E-state index in [1.807, 2.05) is 35.0 Å². The van der Waals surface area contributed by atoms with Crippen molar-refractivity contribution in [3.05, 3.63) is 56.9 Å². The second-order valence-electron chi connectivity index (χ2n) is 12.3. The Morgan fingerprint density at radius 2 is 1.51 bits per heavy atom. The highest BCUT2D eigenvalue weighted by atomic mass is 127. The van der Waals surface area contributed by atoms with Crippen LogP contribution in [-0.2, 0) is 31.8 Å². The molecule has 2 heterocycles. The summed E-state index contributed by atoms with van der Waals surface area (Å²) in [6, 6.07) is 12.3. The summed E-state index contributed by atoms with van der Waals surface area (Å²) in [6.07, 6.45) is 2.77. The fourth-order valence-corrected chi connectivity index (χ4v) is 5.77. The van der Waals surface area contributed by atoms with Crippen LogP contribution in [0.15, 0.2) is 36.5 Å². The Labute approximate surface area is 248 Å². The molecule has 1 aromatic carbocycles. The molecular formula is C28H43IN4O4Si2. The van der Waals surface area contributed by atoms with Crippen LogP contribution in [0, 0.1) is 3.57 Å². The monoisotopic (exact) mass is 682 g/mol. The zero-order valence-electron chi connectivity index (χ0n) is 24.4. The Morgan fingerprint density at radius 3 is 2.05 bits per heavy atom. The number of anilines is 1. The summed E-state index contributed by atoms with van der Waals surface area (Å²) < 4.78 is 20.0. The van der Waals surface area contributed by atoms with E-state index in [-0.39, 0.29) is 12.4 Å². The quantitative estimate of drug-likeness (QED) is 0.0634. The molecule has 0 N–H and O–H groups in total. The minimum atomic E-state index is -1.19. The Hall–Kier alpha value is -1.81. The molecule has 0 saturated heterocycles. The van der Waals surface area contributed by atoms with Crippen molar-refractivity contribution in [1.82, 2.24) is 14.6 Å². The van der Waals surface area contributed by atoms with Crippen molar-refractivity contribution in [2.24, 2.45) is 0 Å². The number of nitrogens with zero attached hydrogens (tertiary/aromatic N) is 4. The van der Waals surface area contributed by atoms with Gasteiger partial charge in [-0.1, -0.05) is 63.5 Å². The van der Waals surface area contributed by atoms with E-state index in [2.05, 4.69) is 77.9 Å². The molecule has 0 atom stereocenters. The molecule has 0 spiro atoms. The van der Waals surface area contributed by atoms with Gasteiger partial charge in [0, 0.05) is 41.8 Å². The minimum absolute atomic E-state index is 0.242. The Balaban J connectivity index is 1.84. The van der Waals surface area contributed by atoms with Crippen LogP contribution in [0.1, 0.15) is 16.8 Å². The van der Waals surface area contributed by atoms with Crippen LogP contribution in [0.2, 0.25) is 51.4 Å². The molecule has 0 aliphatic carbocycles. The molecule has 0 aliphatic heterocycles. The molecule has 39 heavy (non-hydrogen) atoms. The van der Waals surface area contributed by atoms with E-state index in [0.717, 1.165) is 57.2 Å². The van der Waals surface area contributed by atoms with Gasteiger partial charge in [-0.2, -0.15) is 9.61 Å². The van der Waals surface area contributed by atoms with Crippen molar-refractivity contribution in [2.45, 2.75) is 64.2 Å². The third-order valence-corrected chi connectivity index (χ3v) is 10.4. The first kappa shape index (κ1) is 31.7. The molecule has 3 rings (SSSR count). The van der Waals surface area contributed by atoms with Gasteiger partial charge >= 0.3 is 5.97 Å². The molecular weight excluding hydrogens is 639 g/mol. The van der Waals surface area contributed by atoms with Crippen molar-refractivity contribution in [2.75, 3.05) is 38.7 Å². The lowest BCUT2D eigenvalue weighted by Crippen LogP contribution is -2.33. The minimum Gasteiger partial charge on any atom is -0.469 e. The average Bonchev–Trinajstić information content (AvgIpc) is 3.23.